The summed E-state index contributed by atoms with van der Waals surface area (Å²) in [5.74, 6) is 0. The summed E-state index contributed by atoms with van der Waals surface area (Å²) >= 11 is 0. The van der Waals surface area contributed by atoms with Crippen molar-refractivity contribution in [2.45, 2.75) is 39.2 Å². The lowest BCUT2D eigenvalue weighted by molar-refractivity contribution is 0.385. The van der Waals surface area contributed by atoms with Crippen LogP contribution in [0.25, 0.3) is 0 Å². The molecule has 0 aliphatic heterocycles. The minimum absolute atomic E-state index is 0.692. The predicted molar refractivity (Wildman–Crippen MR) is 55.5 cm³/mol. The second-order valence-electron chi connectivity index (χ2n) is 3.80. The molecule has 0 aliphatic carbocycles. The van der Waals surface area contributed by atoms with Gasteiger partial charge in [0.1, 0.15) is 0 Å². The van der Waals surface area contributed by atoms with E-state index in [1.54, 1.807) is 0 Å². The number of rotatable bonds is 7. The van der Waals surface area contributed by atoms with E-state index in [2.05, 4.69) is 38.2 Å². The molecule has 0 unspecified atom stereocenters. The molecule has 0 aromatic heterocycles. The lowest BCUT2D eigenvalue weighted by Crippen LogP contribution is -2.28. The van der Waals surface area contributed by atoms with E-state index < -0.39 is 0 Å². The van der Waals surface area contributed by atoms with Crippen LogP contribution >= 0.6 is 0 Å². The minimum Gasteiger partial charge on any atom is -0.314 e. The average molecular weight is 172 g/mol. The van der Waals surface area contributed by atoms with Gasteiger partial charge >= 0.3 is 0 Å². The molecule has 0 aromatic rings. The Hall–Kier alpha value is -0.0800. The summed E-state index contributed by atoms with van der Waals surface area (Å²) in [6.45, 7) is 6.84. The van der Waals surface area contributed by atoms with Crippen LogP contribution in [-0.2, 0) is 0 Å². The maximum Gasteiger partial charge on any atom is 0.00386 e. The fourth-order valence-corrected chi connectivity index (χ4v) is 1.28. The molecule has 0 amide bonds. The summed E-state index contributed by atoms with van der Waals surface area (Å²) in [5.41, 5.74) is 0. The third kappa shape index (κ3) is 8.02. The molecule has 0 saturated carbocycles. The lowest BCUT2D eigenvalue weighted by Gasteiger charge is -2.14. The zero-order valence-electron chi connectivity index (χ0n) is 9.06. The Morgan fingerprint density at radius 2 is 2.00 bits per heavy atom. The van der Waals surface area contributed by atoms with Crippen LogP contribution in [0, 0.1) is 0 Å². The van der Waals surface area contributed by atoms with Gasteiger partial charge in [-0.05, 0) is 47.0 Å². The Labute approximate surface area is 77.3 Å². The number of hydrogen-bond donors (Lipinski definition) is 1. The van der Waals surface area contributed by atoms with Crippen LogP contribution in [0.3, 0.4) is 0 Å². The molecule has 74 valence electrons. The summed E-state index contributed by atoms with van der Waals surface area (Å²) in [4.78, 5) is 2.23. The van der Waals surface area contributed by atoms with Gasteiger partial charge in [0.05, 0.1) is 0 Å². The minimum atomic E-state index is 0.692. The maximum absolute atomic E-state index is 3.51. The van der Waals surface area contributed by atoms with Crippen molar-refractivity contribution in [2.24, 2.45) is 0 Å². The molecule has 0 saturated heterocycles. The molecule has 0 rings (SSSR count). The van der Waals surface area contributed by atoms with Gasteiger partial charge in [-0.1, -0.05) is 13.3 Å². The summed E-state index contributed by atoms with van der Waals surface area (Å²) in [6, 6.07) is 0.692. The monoisotopic (exact) mass is 172 g/mol. The highest BCUT2D eigenvalue weighted by Gasteiger charge is 1.97. The number of hydrogen-bond acceptors (Lipinski definition) is 2. The number of nitrogens with zero attached hydrogens (tertiary/aromatic N) is 1. The normalized spacial score (nSPS) is 13.8. The van der Waals surface area contributed by atoms with Crippen molar-refractivity contribution >= 4 is 0 Å². The van der Waals surface area contributed by atoms with Gasteiger partial charge in [0, 0.05) is 6.04 Å². The van der Waals surface area contributed by atoms with Crippen LogP contribution in [0.5, 0.6) is 0 Å². The van der Waals surface area contributed by atoms with E-state index in [1.807, 2.05) is 0 Å². The Balaban J connectivity index is 3.08. The van der Waals surface area contributed by atoms with Crippen LogP contribution in [0.2, 0.25) is 0 Å². The first-order valence-electron chi connectivity index (χ1n) is 5.05. The van der Waals surface area contributed by atoms with Crippen LogP contribution < -0.4 is 5.32 Å². The summed E-state index contributed by atoms with van der Waals surface area (Å²) in [5, 5.41) is 3.51. The molecule has 12 heavy (non-hydrogen) atoms. The van der Waals surface area contributed by atoms with Gasteiger partial charge < -0.3 is 10.2 Å². The molecule has 2 heteroatoms. The molecular formula is C10H24N2. The molecule has 2 nitrogen and oxygen atoms in total. The highest BCUT2D eigenvalue weighted by Crippen LogP contribution is 1.94. The topological polar surface area (TPSA) is 15.3 Å². The van der Waals surface area contributed by atoms with Crippen molar-refractivity contribution in [3.8, 4) is 0 Å². The van der Waals surface area contributed by atoms with Crippen LogP contribution in [0.15, 0.2) is 0 Å². The van der Waals surface area contributed by atoms with E-state index in [0.717, 1.165) is 6.54 Å². The molecule has 0 spiro atoms. The van der Waals surface area contributed by atoms with Crippen molar-refractivity contribution < 1.29 is 0 Å². The first kappa shape index (κ1) is 11.9. The van der Waals surface area contributed by atoms with Crippen LogP contribution in [0.1, 0.15) is 33.1 Å². The van der Waals surface area contributed by atoms with Crippen LogP contribution in [0.4, 0.5) is 0 Å². The van der Waals surface area contributed by atoms with Gasteiger partial charge in [0.15, 0.2) is 0 Å². The molecule has 0 bridgehead atoms. The number of nitrogens with one attached hydrogen (secondary N) is 1. The zero-order chi connectivity index (χ0) is 9.40. The summed E-state index contributed by atoms with van der Waals surface area (Å²) in [6.07, 6.45) is 3.82. The van der Waals surface area contributed by atoms with Gasteiger partial charge in [0.25, 0.3) is 0 Å². The molecule has 0 aliphatic rings. The lowest BCUT2D eigenvalue weighted by atomic mass is 10.2. The first-order chi connectivity index (χ1) is 5.66. The quantitative estimate of drug-likeness (QED) is 0.588. The van der Waals surface area contributed by atoms with Crippen molar-refractivity contribution in [3.05, 3.63) is 0 Å². The smallest absolute Gasteiger partial charge is 0.00386 e. The second-order valence-corrected chi connectivity index (χ2v) is 3.80. The standard InChI is InChI=1S/C10H24N2/c1-5-7-10(2)11-8-6-9-12(3)4/h10-11H,5-9H2,1-4H3/t10-/m1/s1. The van der Waals surface area contributed by atoms with Gasteiger partial charge in [-0.15, -0.1) is 0 Å². The van der Waals surface area contributed by atoms with Gasteiger partial charge in [0.2, 0.25) is 0 Å². The molecule has 0 radical (unpaired) electrons. The Morgan fingerprint density at radius 1 is 1.33 bits per heavy atom. The fourth-order valence-electron chi connectivity index (χ4n) is 1.28. The second kappa shape index (κ2) is 7.56. The average Bonchev–Trinajstić information content (AvgIpc) is 1.98. The van der Waals surface area contributed by atoms with E-state index in [0.29, 0.717) is 6.04 Å². The molecular weight excluding hydrogens is 148 g/mol. The van der Waals surface area contributed by atoms with E-state index in [1.165, 1.54) is 25.8 Å². The first-order valence-corrected chi connectivity index (χ1v) is 5.05. The van der Waals surface area contributed by atoms with Crippen molar-refractivity contribution in [1.82, 2.24) is 10.2 Å². The van der Waals surface area contributed by atoms with E-state index in [4.69, 9.17) is 0 Å². The summed E-state index contributed by atoms with van der Waals surface area (Å²) in [7, 11) is 4.24. The van der Waals surface area contributed by atoms with E-state index >= 15 is 0 Å². The van der Waals surface area contributed by atoms with Gasteiger partial charge in [-0.2, -0.15) is 0 Å². The Bertz CT molecular complexity index is 91.8. The zero-order valence-corrected chi connectivity index (χ0v) is 9.06. The van der Waals surface area contributed by atoms with Crippen molar-refractivity contribution in [1.29, 1.82) is 0 Å². The molecule has 0 fully saturated rings. The maximum atomic E-state index is 3.51. The van der Waals surface area contributed by atoms with Gasteiger partial charge in [-0.25, -0.2) is 0 Å². The molecule has 1 N–H and O–H groups in total. The highest BCUT2D eigenvalue weighted by molar-refractivity contribution is 4.59. The Morgan fingerprint density at radius 3 is 2.50 bits per heavy atom. The van der Waals surface area contributed by atoms with E-state index in [9.17, 15) is 0 Å². The predicted octanol–water partition coefficient (Wildman–Crippen LogP) is 1.72. The molecule has 1 atom stereocenters. The third-order valence-electron chi connectivity index (χ3n) is 2.00. The summed E-state index contributed by atoms with van der Waals surface area (Å²) < 4.78 is 0. The Kier molecular flexibility index (Phi) is 7.51. The molecule has 0 aromatic carbocycles. The highest BCUT2D eigenvalue weighted by atomic mass is 15.1. The third-order valence-corrected chi connectivity index (χ3v) is 2.00. The van der Waals surface area contributed by atoms with E-state index in [-0.39, 0.29) is 0 Å². The SMILES string of the molecule is CCC[C@@H](C)NCCCN(C)C. The van der Waals surface area contributed by atoms with Gasteiger partial charge in [-0.3, -0.25) is 0 Å². The fraction of sp³-hybridized carbons (Fsp3) is 1.00. The largest absolute Gasteiger partial charge is 0.314 e. The van der Waals surface area contributed by atoms with Crippen molar-refractivity contribution in [3.63, 3.8) is 0 Å². The van der Waals surface area contributed by atoms with Crippen molar-refractivity contribution in [2.75, 3.05) is 27.2 Å². The van der Waals surface area contributed by atoms with Crippen LogP contribution in [-0.4, -0.2) is 38.1 Å². The molecule has 0 heterocycles.